The Morgan fingerprint density at radius 3 is 2.76 bits per heavy atom. The van der Waals surface area contributed by atoms with Crippen molar-refractivity contribution in [1.29, 1.82) is 0 Å². The number of ether oxygens (including phenoxy) is 1. The zero-order chi connectivity index (χ0) is 15.5. The average Bonchev–Trinajstić information content (AvgIpc) is 2.77. The summed E-state index contributed by atoms with van der Waals surface area (Å²) < 4.78 is 5.52. The van der Waals surface area contributed by atoms with Crippen LogP contribution in [0.25, 0.3) is 0 Å². The molecule has 1 aromatic rings. The maximum absolute atomic E-state index is 11.4. The van der Waals surface area contributed by atoms with Gasteiger partial charge in [-0.15, -0.1) is 4.73 Å². The van der Waals surface area contributed by atoms with Gasteiger partial charge >= 0.3 is 12.4 Å². The summed E-state index contributed by atoms with van der Waals surface area (Å²) in [6.45, 7) is 0.922. The maximum Gasteiger partial charge on any atom is 0.336 e. The van der Waals surface area contributed by atoms with E-state index in [9.17, 15) is 19.8 Å². The Kier molecular flexibility index (Phi) is 7.14. The molecule has 0 amide bonds. The van der Waals surface area contributed by atoms with Crippen molar-refractivity contribution in [3.8, 4) is 11.8 Å². The number of carbonyl (C=O) groups excluding carboxylic acids is 2. The molecule has 21 heavy (non-hydrogen) atoms. The van der Waals surface area contributed by atoms with E-state index >= 15 is 0 Å². The monoisotopic (exact) mass is 301 g/mol. The second-order valence-corrected chi connectivity index (χ2v) is 3.55. The van der Waals surface area contributed by atoms with Crippen molar-refractivity contribution in [1.82, 2.24) is 10.2 Å². The van der Waals surface area contributed by atoms with Gasteiger partial charge in [0.1, 0.15) is 0 Å². The largest absolute Gasteiger partial charge is 0.492 e. The summed E-state index contributed by atoms with van der Waals surface area (Å²) in [5, 5.41) is 18.5. The van der Waals surface area contributed by atoms with Crippen molar-refractivity contribution < 1.29 is 34.2 Å². The van der Waals surface area contributed by atoms with E-state index in [2.05, 4.69) is 20.1 Å². The third kappa shape index (κ3) is 6.29. The summed E-state index contributed by atoms with van der Waals surface area (Å²) in [5.74, 6) is -1.49. The summed E-state index contributed by atoms with van der Waals surface area (Å²) in [6, 6.07) is 2.35. The quantitative estimate of drug-likeness (QED) is 0.164. The average molecular weight is 301 g/mol. The molecule has 0 aliphatic rings. The molecule has 1 aromatic heterocycles. The van der Waals surface area contributed by atoms with Crippen LogP contribution in [-0.4, -0.2) is 53.5 Å². The SMILES string of the molecule is O=CONCCN=COCCC(=O)On1c(O)ccc1O. The van der Waals surface area contributed by atoms with Crippen molar-refractivity contribution >= 4 is 18.8 Å². The Balaban J connectivity index is 2.11. The van der Waals surface area contributed by atoms with Crippen molar-refractivity contribution in [3.63, 3.8) is 0 Å². The van der Waals surface area contributed by atoms with Gasteiger partial charge in [0.25, 0.3) is 0 Å². The zero-order valence-corrected chi connectivity index (χ0v) is 11.0. The Morgan fingerprint density at radius 2 is 2.10 bits per heavy atom. The van der Waals surface area contributed by atoms with E-state index in [1.54, 1.807) is 0 Å². The predicted octanol–water partition coefficient (Wildman–Crippen LogP) is -1.03. The third-order valence-electron chi connectivity index (χ3n) is 2.04. The molecule has 0 atom stereocenters. The van der Waals surface area contributed by atoms with Gasteiger partial charge in [0.2, 0.25) is 11.8 Å². The first-order valence-electron chi connectivity index (χ1n) is 5.88. The molecule has 0 unspecified atom stereocenters. The van der Waals surface area contributed by atoms with E-state index in [-0.39, 0.29) is 19.5 Å². The maximum atomic E-state index is 11.4. The van der Waals surface area contributed by atoms with Crippen molar-refractivity contribution in [3.05, 3.63) is 12.1 Å². The Labute approximate surface area is 119 Å². The molecule has 1 heterocycles. The highest BCUT2D eigenvalue weighted by Crippen LogP contribution is 2.18. The van der Waals surface area contributed by atoms with E-state index in [0.29, 0.717) is 17.8 Å². The molecular formula is C11H15N3O7. The number of nitrogens with one attached hydrogen (secondary N) is 1. The van der Waals surface area contributed by atoms with Gasteiger partial charge in [0.15, 0.2) is 6.40 Å². The highest BCUT2D eigenvalue weighted by atomic mass is 16.7. The standard InChI is InChI=1S/C11H15N3O7/c15-8-20-13-5-4-12-7-19-6-3-11(18)21-14-9(16)1-2-10(14)17/h1-2,7-8,13,16-17H,3-6H2. The predicted molar refractivity (Wildman–Crippen MR) is 68.4 cm³/mol. The second kappa shape index (κ2) is 9.20. The fourth-order valence-electron chi connectivity index (χ4n) is 1.15. The summed E-state index contributed by atoms with van der Waals surface area (Å²) in [7, 11) is 0. The van der Waals surface area contributed by atoms with Gasteiger partial charge in [0, 0.05) is 12.1 Å². The van der Waals surface area contributed by atoms with Gasteiger partial charge in [-0.3, -0.25) is 9.79 Å². The number of hydrogen-bond acceptors (Lipinski definition) is 9. The molecule has 1 rings (SSSR count). The lowest BCUT2D eigenvalue weighted by atomic mass is 10.5. The van der Waals surface area contributed by atoms with Crippen LogP contribution in [0.3, 0.4) is 0 Å². The van der Waals surface area contributed by atoms with Crippen LogP contribution in [0.15, 0.2) is 17.1 Å². The molecule has 0 saturated heterocycles. The Bertz CT molecular complexity index is 467. The molecule has 3 N–H and O–H groups in total. The summed E-state index contributed by atoms with van der Waals surface area (Å²) in [4.78, 5) is 33.8. The summed E-state index contributed by atoms with van der Waals surface area (Å²) >= 11 is 0. The summed E-state index contributed by atoms with van der Waals surface area (Å²) in [5.41, 5.74) is 2.32. The second-order valence-electron chi connectivity index (χ2n) is 3.55. The highest BCUT2D eigenvalue weighted by Gasteiger charge is 2.11. The number of aliphatic imine (C=N–C) groups is 1. The molecule has 0 fully saturated rings. The smallest absolute Gasteiger partial charge is 0.336 e. The van der Waals surface area contributed by atoms with Gasteiger partial charge in [-0.2, -0.15) is 5.48 Å². The van der Waals surface area contributed by atoms with Crippen LogP contribution in [-0.2, 0) is 19.2 Å². The van der Waals surface area contributed by atoms with Crippen molar-refractivity contribution in [2.75, 3.05) is 19.7 Å². The van der Waals surface area contributed by atoms with E-state index in [1.807, 2.05) is 0 Å². The van der Waals surface area contributed by atoms with Crippen LogP contribution >= 0.6 is 0 Å². The Hall–Kier alpha value is -2.75. The molecule has 116 valence electrons. The fourth-order valence-corrected chi connectivity index (χ4v) is 1.15. The van der Waals surface area contributed by atoms with Gasteiger partial charge in [0.05, 0.1) is 26.1 Å². The number of rotatable bonds is 10. The molecule has 0 aliphatic heterocycles. The summed E-state index contributed by atoms with van der Waals surface area (Å²) in [6.07, 6.45) is 1.05. The molecule has 0 bridgehead atoms. The molecule has 0 radical (unpaired) electrons. The molecule has 0 aromatic carbocycles. The lowest BCUT2D eigenvalue weighted by Crippen LogP contribution is -2.20. The van der Waals surface area contributed by atoms with Crippen LogP contribution in [0, 0.1) is 0 Å². The van der Waals surface area contributed by atoms with Crippen LogP contribution in [0.1, 0.15) is 6.42 Å². The molecule has 0 aliphatic carbocycles. The van der Waals surface area contributed by atoms with Crippen LogP contribution < -0.4 is 10.3 Å². The minimum Gasteiger partial charge on any atom is -0.492 e. The molecule has 10 heteroatoms. The number of carbonyl (C=O) groups is 2. The van der Waals surface area contributed by atoms with Crippen LogP contribution in [0.4, 0.5) is 0 Å². The van der Waals surface area contributed by atoms with Crippen molar-refractivity contribution in [2.24, 2.45) is 4.99 Å². The molecule has 0 saturated carbocycles. The molecular weight excluding hydrogens is 286 g/mol. The van der Waals surface area contributed by atoms with Crippen LogP contribution in [0.5, 0.6) is 11.8 Å². The van der Waals surface area contributed by atoms with Gasteiger partial charge < -0.3 is 24.6 Å². The van der Waals surface area contributed by atoms with E-state index < -0.39 is 17.7 Å². The number of hydroxylamine groups is 1. The lowest BCUT2D eigenvalue weighted by Gasteiger charge is -2.06. The number of aromatic nitrogens is 1. The third-order valence-corrected chi connectivity index (χ3v) is 2.04. The zero-order valence-electron chi connectivity index (χ0n) is 11.0. The number of nitrogens with zero attached hydrogens (tertiary/aromatic N) is 2. The minimum atomic E-state index is -0.703. The van der Waals surface area contributed by atoms with Gasteiger partial charge in [-0.05, 0) is 0 Å². The van der Waals surface area contributed by atoms with Gasteiger partial charge in [-0.1, -0.05) is 0 Å². The van der Waals surface area contributed by atoms with E-state index in [0.717, 1.165) is 6.40 Å². The van der Waals surface area contributed by atoms with E-state index in [1.165, 1.54) is 12.1 Å². The number of aromatic hydroxyl groups is 2. The van der Waals surface area contributed by atoms with Crippen molar-refractivity contribution in [2.45, 2.75) is 6.42 Å². The van der Waals surface area contributed by atoms with Crippen LogP contribution in [0.2, 0.25) is 0 Å². The van der Waals surface area contributed by atoms with Gasteiger partial charge in [-0.25, -0.2) is 4.79 Å². The first-order chi connectivity index (χ1) is 10.1. The number of hydrogen-bond donors (Lipinski definition) is 3. The fraction of sp³-hybridized carbons (Fsp3) is 0.364. The Morgan fingerprint density at radius 1 is 1.38 bits per heavy atom. The first kappa shape index (κ1) is 16.3. The lowest BCUT2D eigenvalue weighted by molar-refractivity contribution is -0.146. The topological polar surface area (TPSA) is 132 Å². The minimum absolute atomic E-state index is 0.0173. The molecule has 10 nitrogen and oxygen atoms in total. The normalized spacial score (nSPS) is 10.5. The highest BCUT2D eigenvalue weighted by molar-refractivity contribution is 5.70. The first-order valence-corrected chi connectivity index (χ1v) is 5.88. The van der Waals surface area contributed by atoms with E-state index in [4.69, 9.17) is 4.74 Å². The molecule has 0 spiro atoms.